The maximum atomic E-state index is 5.17. The lowest BCUT2D eigenvalue weighted by Gasteiger charge is -2.01. The summed E-state index contributed by atoms with van der Waals surface area (Å²) in [4.78, 5) is 4.71. The van der Waals surface area contributed by atoms with E-state index in [1.807, 2.05) is 42.5 Å². The standard InChI is InChI=1S/C16H12BrNOS/c1-19-12-8-6-11(7-9-12)15-10-20-16(18-15)13-4-2-3-5-14(13)17/h2-10H,1H3. The van der Waals surface area contributed by atoms with Crippen LogP contribution in [0.2, 0.25) is 0 Å². The van der Waals surface area contributed by atoms with Crippen LogP contribution in [0.4, 0.5) is 0 Å². The van der Waals surface area contributed by atoms with Gasteiger partial charge in [-0.25, -0.2) is 4.98 Å². The quantitative estimate of drug-likeness (QED) is 0.646. The van der Waals surface area contributed by atoms with E-state index in [1.54, 1.807) is 18.4 Å². The predicted molar refractivity (Wildman–Crippen MR) is 87.2 cm³/mol. The second-order valence-electron chi connectivity index (χ2n) is 4.25. The lowest BCUT2D eigenvalue weighted by atomic mass is 10.1. The van der Waals surface area contributed by atoms with Gasteiger partial charge in [-0.3, -0.25) is 0 Å². The normalized spacial score (nSPS) is 10.5. The van der Waals surface area contributed by atoms with E-state index >= 15 is 0 Å². The van der Waals surface area contributed by atoms with Gasteiger partial charge in [0.2, 0.25) is 0 Å². The Morgan fingerprint density at radius 2 is 1.80 bits per heavy atom. The minimum atomic E-state index is 0.856. The maximum absolute atomic E-state index is 5.17. The van der Waals surface area contributed by atoms with Crippen molar-refractivity contribution in [2.24, 2.45) is 0 Å². The highest BCUT2D eigenvalue weighted by atomic mass is 79.9. The van der Waals surface area contributed by atoms with Crippen molar-refractivity contribution in [2.45, 2.75) is 0 Å². The van der Waals surface area contributed by atoms with E-state index < -0.39 is 0 Å². The summed E-state index contributed by atoms with van der Waals surface area (Å²) in [6.07, 6.45) is 0. The van der Waals surface area contributed by atoms with Crippen molar-refractivity contribution in [2.75, 3.05) is 7.11 Å². The Morgan fingerprint density at radius 1 is 1.05 bits per heavy atom. The van der Waals surface area contributed by atoms with Crippen LogP contribution < -0.4 is 4.74 Å². The van der Waals surface area contributed by atoms with Gasteiger partial charge in [-0.1, -0.05) is 34.1 Å². The SMILES string of the molecule is COc1ccc(-c2csc(-c3ccccc3Br)n2)cc1. The first kappa shape index (κ1) is 13.3. The number of halogens is 1. The molecule has 0 unspecified atom stereocenters. The number of benzene rings is 2. The van der Waals surface area contributed by atoms with E-state index in [1.165, 1.54) is 0 Å². The summed E-state index contributed by atoms with van der Waals surface area (Å²) in [7, 11) is 1.67. The number of rotatable bonds is 3. The van der Waals surface area contributed by atoms with E-state index in [0.717, 1.165) is 32.1 Å². The Morgan fingerprint density at radius 3 is 2.50 bits per heavy atom. The van der Waals surface area contributed by atoms with Gasteiger partial charge in [0.1, 0.15) is 10.8 Å². The van der Waals surface area contributed by atoms with Crippen LogP contribution in [-0.2, 0) is 0 Å². The molecule has 100 valence electrons. The van der Waals surface area contributed by atoms with E-state index in [9.17, 15) is 0 Å². The van der Waals surface area contributed by atoms with Gasteiger partial charge in [-0.2, -0.15) is 0 Å². The molecule has 3 rings (SSSR count). The molecule has 4 heteroatoms. The number of ether oxygens (including phenoxy) is 1. The first-order valence-corrected chi connectivity index (χ1v) is 7.80. The van der Waals surface area contributed by atoms with Crippen molar-refractivity contribution >= 4 is 27.3 Å². The molecule has 20 heavy (non-hydrogen) atoms. The molecule has 2 aromatic carbocycles. The highest BCUT2D eigenvalue weighted by molar-refractivity contribution is 9.10. The molecule has 0 saturated carbocycles. The van der Waals surface area contributed by atoms with Gasteiger partial charge < -0.3 is 4.74 Å². The van der Waals surface area contributed by atoms with Crippen LogP contribution in [-0.4, -0.2) is 12.1 Å². The molecule has 0 N–H and O–H groups in total. The number of nitrogens with zero attached hydrogens (tertiary/aromatic N) is 1. The molecule has 1 aromatic heterocycles. The third kappa shape index (κ3) is 2.62. The summed E-state index contributed by atoms with van der Waals surface area (Å²) in [5.74, 6) is 0.856. The Hall–Kier alpha value is -1.65. The van der Waals surface area contributed by atoms with Crippen LogP contribution in [0.1, 0.15) is 0 Å². The minimum Gasteiger partial charge on any atom is -0.497 e. The van der Waals surface area contributed by atoms with Crippen LogP contribution in [0.3, 0.4) is 0 Å². The van der Waals surface area contributed by atoms with Gasteiger partial charge in [0.05, 0.1) is 12.8 Å². The fraction of sp³-hybridized carbons (Fsp3) is 0.0625. The Balaban J connectivity index is 1.95. The summed E-state index contributed by atoms with van der Waals surface area (Å²) in [6, 6.07) is 16.1. The van der Waals surface area contributed by atoms with Gasteiger partial charge in [-0.15, -0.1) is 11.3 Å². The van der Waals surface area contributed by atoms with Gasteiger partial charge in [0, 0.05) is 21.0 Å². The fourth-order valence-corrected chi connectivity index (χ4v) is 3.40. The molecule has 3 aromatic rings. The number of aromatic nitrogens is 1. The first-order chi connectivity index (χ1) is 9.78. The van der Waals surface area contributed by atoms with Crippen molar-refractivity contribution in [3.05, 3.63) is 58.4 Å². The summed E-state index contributed by atoms with van der Waals surface area (Å²) in [5.41, 5.74) is 3.21. The Bertz CT molecular complexity index is 721. The zero-order valence-electron chi connectivity index (χ0n) is 10.8. The minimum absolute atomic E-state index is 0.856. The van der Waals surface area contributed by atoms with Gasteiger partial charge in [-0.05, 0) is 30.3 Å². The van der Waals surface area contributed by atoms with Gasteiger partial charge in [0.25, 0.3) is 0 Å². The monoisotopic (exact) mass is 345 g/mol. The summed E-state index contributed by atoms with van der Waals surface area (Å²) in [5, 5.41) is 3.10. The summed E-state index contributed by atoms with van der Waals surface area (Å²) in [6.45, 7) is 0. The smallest absolute Gasteiger partial charge is 0.125 e. The van der Waals surface area contributed by atoms with Crippen molar-refractivity contribution in [3.8, 4) is 27.6 Å². The van der Waals surface area contributed by atoms with Crippen LogP contribution in [0.15, 0.2) is 58.4 Å². The van der Waals surface area contributed by atoms with Crippen molar-refractivity contribution in [1.82, 2.24) is 4.98 Å². The molecule has 1 heterocycles. The molecular formula is C16H12BrNOS. The number of hydrogen-bond acceptors (Lipinski definition) is 3. The molecule has 0 spiro atoms. The largest absolute Gasteiger partial charge is 0.497 e. The molecule has 0 bridgehead atoms. The fourth-order valence-electron chi connectivity index (χ4n) is 1.93. The third-order valence-electron chi connectivity index (χ3n) is 2.99. The van der Waals surface area contributed by atoms with Crippen LogP contribution in [0.5, 0.6) is 5.75 Å². The number of methoxy groups -OCH3 is 1. The molecule has 0 radical (unpaired) electrons. The summed E-state index contributed by atoms with van der Waals surface area (Å²) >= 11 is 5.22. The first-order valence-electron chi connectivity index (χ1n) is 6.13. The Labute approximate surface area is 130 Å². The highest BCUT2D eigenvalue weighted by Gasteiger charge is 2.09. The molecule has 0 fully saturated rings. The zero-order chi connectivity index (χ0) is 13.9. The third-order valence-corrected chi connectivity index (χ3v) is 4.56. The van der Waals surface area contributed by atoms with Gasteiger partial charge >= 0.3 is 0 Å². The lowest BCUT2D eigenvalue weighted by molar-refractivity contribution is 0.415. The van der Waals surface area contributed by atoms with Crippen LogP contribution >= 0.6 is 27.3 Å². The maximum Gasteiger partial charge on any atom is 0.125 e. The molecule has 0 saturated heterocycles. The molecule has 2 nitrogen and oxygen atoms in total. The average molecular weight is 346 g/mol. The van der Waals surface area contributed by atoms with Crippen LogP contribution in [0, 0.1) is 0 Å². The molecule has 0 aliphatic carbocycles. The number of hydrogen-bond donors (Lipinski definition) is 0. The van der Waals surface area contributed by atoms with Crippen molar-refractivity contribution in [1.29, 1.82) is 0 Å². The average Bonchev–Trinajstić information content (AvgIpc) is 2.97. The lowest BCUT2D eigenvalue weighted by Crippen LogP contribution is -1.83. The van der Waals surface area contributed by atoms with E-state index in [4.69, 9.17) is 9.72 Å². The highest BCUT2D eigenvalue weighted by Crippen LogP contribution is 2.33. The molecular weight excluding hydrogens is 334 g/mol. The predicted octanol–water partition coefficient (Wildman–Crippen LogP) is 5.25. The molecule has 0 atom stereocenters. The van der Waals surface area contributed by atoms with Crippen molar-refractivity contribution < 1.29 is 4.74 Å². The van der Waals surface area contributed by atoms with Crippen LogP contribution in [0.25, 0.3) is 21.8 Å². The molecule has 0 aliphatic heterocycles. The number of thiazole rings is 1. The molecule has 0 aliphatic rings. The zero-order valence-corrected chi connectivity index (χ0v) is 13.2. The molecule has 0 amide bonds. The summed E-state index contributed by atoms with van der Waals surface area (Å²) < 4.78 is 6.24. The topological polar surface area (TPSA) is 22.1 Å². The van der Waals surface area contributed by atoms with E-state index in [0.29, 0.717) is 0 Å². The van der Waals surface area contributed by atoms with E-state index in [2.05, 4.69) is 27.4 Å². The Kier molecular flexibility index (Phi) is 3.85. The van der Waals surface area contributed by atoms with E-state index in [-0.39, 0.29) is 0 Å². The van der Waals surface area contributed by atoms with Gasteiger partial charge in [0.15, 0.2) is 0 Å². The second-order valence-corrected chi connectivity index (χ2v) is 5.96. The van der Waals surface area contributed by atoms with Crippen molar-refractivity contribution in [3.63, 3.8) is 0 Å². The second kappa shape index (κ2) is 5.77.